The van der Waals surface area contributed by atoms with Gasteiger partial charge in [-0.1, -0.05) is 12.1 Å². The largest absolute Gasteiger partial charge is 0.492 e. The lowest BCUT2D eigenvalue weighted by molar-refractivity contribution is 0.150. The van der Waals surface area contributed by atoms with E-state index >= 15 is 0 Å². The summed E-state index contributed by atoms with van der Waals surface area (Å²) in [6, 6.07) is 9.74. The van der Waals surface area contributed by atoms with Crippen molar-refractivity contribution in [1.29, 1.82) is 5.26 Å². The number of aliphatic hydroxyl groups excluding tert-OH is 1. The number of hydrogen-bond donors (Lipinski definition) is 1. The van der Waals surface area contributed by atoms with Gasteiger partial charge in [0.2, 0.25) is 0 Å². The number of rotatable bonds is 6. The van der Waals surface area contributed by atoms with Crippen molar-refractivity contribution in [3.05, 3.63) is 29.8 Å². The minimum atomic E-state index is 0.248. The Labute approximate surface area is 114 Å². The van der Waals surface area contributed by atoms with Gasteiger partial charge in [-0.15, -0.1) is 0 Å². The van der Waals surface area contributed by atoms with Crippen LogP contribution < -0.4 is 4.74 Å². The Morgan fingerprint density at radius 1 is 1.42 bits per heavy atom. The standard InChI is InChI=1S/C15H20N2O2/c16-11-13-5-1-2-7-15(13)19-10-4-9-17-8-3-6-14(17)12-18/h1-2,5,7,14,18H,3-4,6,8-10,12H2. The molecular formula is C15H20N2O2. The molecule has 1 saturated heterocycles. The summed E-state index contributed by atoms with van der Waals surface area (Å²) < 4.78 is 5.65. The minimum Gasteiger partial charge on any atom is -0.492 e. The molecule has 1 aromatic carbocycles. The van der Waals surface area contributed by atoms with Crippen LogP contribution in [0.3, 0.4) is 0 Å². The number of ether oxygens (including phenoxy) is 1. The zero-order valence-corrected chi connectivity index (χ0v) is 11.1. The lowest BCUT2D eigenvalue weighted by Crippen LogP contribution is -2.33. The second-order valence-corrected chi connectivity index (χ2v) is 4.82. The second-order valence-electron chi connectivity index (χ2n) is 4.82. The number of hydrogen-bond acceptors (Lipinski definition) is 4. The lowest BCUT2D eigenvalue weighted by Gasteiger charge is -2.22. The van der Waals surface area contributed by atoms with Crippen molar-refractivity contribution < 1.29 is 9.84 Å². The van der Waals surface area contributed by atoms with E-state index in [0.717, 1.165) is 25.9 Å². The van der Waals surface area contributed by atoms with Gasteiger partial charge in [0.1, 0.15) is 11.8 Å². The molecule has 1 heterocycles. The van der Waals surface area contributed by atoms with E-state index in [1.807, 2.05) is 18.2 Å². The highest BCUT2D eigenvalue weighted by molar-refractivity contribution is 5.42. The molecule has 0 saturated carbocycles. The van der Waals surface area contributed by atoms with E-state index in [1.165, 1.54) is 6.42 Å². The molecule has 4 nitrogen and oxygen atoms in total. The van der Waals surface area contributed by atoms with E-state index in [4.69, 9.17) is 10.00 Å². The number of benzene rings is 1. The SMILES string of the molecule is N#Cc1ccccc1OCCCN1CCCC1CO. The Balaban J connectivity index is 1.74. The number of nitriles is 1. The van der Waals surface area contributed by atoms with Crippen LogP contribution in [0, 0.1) is 11.3 Å². The van der Waals surface area contributed by atoms with Crippen molar-refractivity contribution in [2.24, 2.45) is 0 Å². The predicted octanol–water partition coefficient (Wildman–Crippen LogP) is 1.78. The van der Waals surface area contributed by atoms with Gasteiger partial charge >= 0.3 is 0 Å². The van der Waals surface area contributed by atoms with Crippen LogP contribution in [0.1, 0.15) is 24.8 Å². The van der Waals surface area contributed by atoms with Crippen molar-refractivity contribution in [1.82, 2.24) is 4.90 Å². The van der Waals surface area contributed by atoms with Crippen LogP contribution in [0.4, 0.5) is 0 Å². The summed E-state index contributed by atoms with van der Waals surface area (Å²) in [6.07, 6.45) is 3.17. The Hall–Kier alpha value is -1.57. The summed E-state index contributed by atoms with van der Waals surface area (Å²) >= 11 is 0. The first-order chi connectivity index (χ1) is 9.35. The van der Waals surface area contributed by atoms with Gasteiger partial charge in [0.25, 0.3) is 0 Å². The van der Waals surface area contributed by atoms with Crippen LogP contribution in [0.25, 0.3) is 0 Å². The molecule has 2 rings (SSSR count). The average Bonchev–Trinajstić information content (AvgIpc) is 2.91. The summed E-state index contributed by atoms with van der Waals surface area (Å²) in [7, 11) is 0. The van der Waals surface area contributed by atoms with Crippen LogP contribution >= 0.6 is 0 Å². The second kappa shape index (κ2) is 7.13. The van der Waals surface area contributed by atoms with Crippen molar-refractivity contribution in [3.63, 3.8) is 0 Å². The Kier molecular flexibility index (Phi) is 5.20. The number of para-hydroxylation sites is 1. The Bertz CT molecular complexity index is 442. The van der Waals surface area contributed by atoms with Gasteiger partial charge in [-0.25, -0.2) is 0 Å². The maximum absolute atomic E-state index is 9.23. The number of likely N-dealkylation sites (tertiary alicyclic amines) is 1. The molecule has 102 valence electrons. The fourth-order valence-corrected chi connectivity index (χ4v) is 2.53. The molecule has 1 N–H and O–H groups in total. The predicted molar refractivity (Wildman–Crippen MR) is 72.9 cm³/mol. The summed E-state index contributed by atoms with van der Waals surface area (Å²) in [5, 5.41) is 18.2. The smallest absolute Gasteiger partial charge is 0.137 e. The fourth-order valence-electron chi connectivity index (χ4n) is 2.53. The normalized spacial score (nSPS) is 19.3. The number of aliphatic hydroxyl groups is 1. The van der Waals surface area contributed by atoms with Crippen molar-refractivity contribution in [2.45, 2.75) is 25.3 Å². The van der Waals surface area contributed by atoms with E-state index in [0.29, 0.717) is 24.0 Å². The summed E-state index contributed by atoms with van der Waals surface area (Å²) in [6.45, 7) is 2.87. The molecule has 0 bridgehead atoms. The van der Waals surface area contributed by atoms with Gasteiger partial charge < -0.3 is 9.84 Å². The first-order valence-electron chi connectivity index (χ1n) is 6.82. The summed E-state index contributed by atoms with van der Waals surface area (Å²) in [4.78, 5) is 2.32. The zero-order valence-electron chi connectivity index (χ0n) is 11.1. The molecule has 1 aliphatic rings. The molecule has 19 heavy (non-hydrogen) atoms. The van der Waals surface area contributed by atoms with Gasteiger partial charge in [-0.3, -0.25) is 4.90 Å². The van der Waals surface area contributed by atoms with Crippen LogP contribution in [0.2, 0.25) is 0 Å². The minimum absolute atomic E-state index is 0.248. The van der Waals surface area contributed by atoms with E-state index in [9.17, 15) is 5.11 Å². The van der Waals surface area contributed by atoms with Crippen LogP contribution in [0.15, 0.2) is 24.3 Å². The molecule has 0 amide bonds. The third-order valence-corrected chi connectivity index (χ3v) is 3.56. The van der Waals surface area contributed by atoms with Crippen LogP contribution in [-0.2, 0) is 0 Å². The third-order valence-electron chi connectivity index (χ3n) is 3.56. The molecule has 1 aliphatic heterocycles. The molecule has 1 unspecified atom stereocenters. The highest BCUT2D eigenvalue weighted by Gasteiger charge is 2.22. The van der Waals surface area contributed by atoms with Gasteiger partial charge in [-0.2, -0.15) is 5.26 Å². The quantitative estimate of drug-likeness (QED) is 0.792. The van der Waals surface area contributed by atoms with E-state index < -0.39 is 0 Å². The Morgan fingerprint density at radius 3 is 3.05 bits per heavy atom. The molecule has 4 heteroatoms. The monoisotopic (exact) mass is 260 g/mol. The molecule has 0 aliphatic carbocycles. The third kappa shape index (κ3) is 3.69. The van der Waals surface area contributed by atoms with Crippen molar-refractivity contribution in [2.75, 3.05) is 26.3 Å². The van der Waals surface area contributed by atoms with Crippen molar-refractivity contribution in [3.8, 4) is 11.8 Å². The first-order valence-corrected chi connectivity index (χ1v) is 6.82. The molecular weight excluding hydrogens is 240 g/mol. The summed E-state index contributed by atoms with van der Waals surface area (Å²) in [5.41, 5.74) is 0.580. The zero-order chi connectivity index (χ0) is 13.5. The van der Waals surface area contributed by atoms with Gasteiger partial charge in [-0.05, 0) is 37.9 Å². The van der Waals surface area contributed by atoms with Crippen LogP contribution in [0.5, 0.6) is 5.75 Å². The summed E-state index contributed by atoms with van der Waals surface area (Å²) in [5.74, 6) is 0.658. The van der Waals surface area contributed by atoms with Crippen molar-refractivity contribution >= 4 is 0 Å². The van der Waals surface area contributed by atoms with E-state index in [2.05, 4.69) is 11.0 Å². The molecule has 0 radical (unpaired) electrons. The molecule has 1 fully saturated rings. The molecule has 0 aromatic heterocycles. The van der Waals surface area contributed by atoms with Gasteiger partial charge in [0.05, 0.1) is 18.8 Å². The molecule has 0 spiro atoms. The molecule has 1 aromatic rings. The highest BCUT2D eigenvalue weighted by Crippen LogP contribution is 2.18. The number of nitrogens with zero attached hydrogens (tertiary/aromatic N) is 2. The fraction of sp³-hybridized carbons (Fsp3) is 0.533. The lowest BCUT2D eigenvalue weighted by atomic mass is 10.2. The Morgan fingerprint density at radius 2 is 2.26 bits per heavy atom. The van der Waals surface area contributed by atoms with E-state index in [-0.39, 0.29) is 6.61 Å². The van der Waals surface area contributed by atoms with Gasteiger partial charge in [0, 0.05) is 12.6 Å². The van der Waals surface area contributed by atoms with Crippen LogP contribution in [-0.4, -0.2) is 42.4 Å². The van der Waals surface area contributed by atoms with Gasteiger partial charge in [0.15, 0.2) is 0 Å². The average molecular weight is 260 g/mol. The highest BCUT2D eigenvalue weighted by atomic mass is 16.5. The topological polar surface area (TPSA) is 56.5 Å². The molecule has 1 atom stereocenters. The first kappa shape index (κ1) is 13.9. The van der Waals surface area contributed by atoms with E-state index in [1.54, 1.807) is 6.07 Å². The maximum Gasteiger partial charge on any atom is 0.137 e. The maximum atomic E-state index is 9.23.